The molecule has 0 fully saturated rings. The monoisotopic (exact) mass is 320 g/mol. The zero-order valence-corrected chi connectivity index (χ0v) is 11.9. The number of hydrogen-bond donors (Lipinski definition) is 0. The molecule has 0 saturated carbocycles. The van der Waals surface area contributed by atoms with Gasteiger partial charge in [-0.25, -0.2) is 8.42 Å². The quantitative estimate of drug-likeness (QED) is 0.872. The van der Waals surface area contributed by atoms with Crippen LogP contribution in [0.5, 0.6) is 11.5 Å². The van der Waals surface area contributed by atoms with Crippen molar-refractivity contribution >= 4 is 20.6 Å². The fraction of sp³-hybridized carbons (Fsp3) is 0.231. The predicted molar refractivity (Wildman–Crippen MR) is 70.3 cm³/mol. The van der Waals surface area contributed by atoms with Crippen LogP contribution < -0.4 is 9.47 Å². The van der Waals surface area contributed by atoms with Crippen LogP contribution in [0.1, 0.15) is 0 Å². The number of ether oxygens (including phenoxy) is 2. The van der Waals surface area contributed by atoms with Gasteiger partial charge in [-0.2, -0.15) is 0 Å². The van der Waals surface area contributed by atoms with Crippen LogP contribution >= 0.6 is 0 Å². The molecule has 2 aromatic rings. The minimum Gasteiger partial charge on any atom is -0.497 e. The lowest BCUT2D eigenvalue weighted by Gasteiger charge is -2.14. The molecular formula is C13H11F3O4S. The van der Waals surface area contributed by atoms with Crippen molar-refractivity contribution in [3.63, 3.8) is 0 Å². The van der Waals surface area contributed by atoms with Crippen molar-refractivity contribution in [3.05, 3.63) is 30.3 Å². The predicted octanol–water partition coefficient (Wildman–Crippen LogP) is 3.15. The Hall–Kier alpha value is -1.96. The summed E-state index contributed by atoms with van der Waals surface area (Å²) in [7, 11) is -2.45. The maximum atomic E-state index is 12.4. The largest absolute Gasteiger partial charge is 0.573 e. The molecule has 0 aromatic heterocycles. The summed E-state index contributed by atoms with van der Waals surface area (Å²) in [5.74, 6) is -0.321. The van der Waals surface area contributed by atoms with Crippen LogP contribution in [0.2, 0.25) is 0 Å². The van der Waals surface area contributed by atoms with Gasteiger partial charge < -0.3 is 9.47 Å². The average Bonchev–Trinajstić information content (AvgIpc) is 2.34. The van der Waals surface area contributed by atoms with Gasteiger partial charge in [0.2, 0.25) is 0 Å². The van der Waals surface area contributed by atoms with Crippen molar-refractivity contribution in [2.24, 2.45) is 0 Å². The second-order valence-electron chi connectivity index (χ2n) is 4.33. The molecule has 0 heterocycles. The number of rotatable bonds is 3. The number of sulfone groups is 1. The lowest BCUT2D eigenvalue weighted by Crippen LogP contribution is -2.18. The maximum absolute atomic E-state index is 12.4. The summed E-state index contributed by atoms with van der Waals surface area (Å²) < 4.78 is 69.3. The molecule has 0 atom stereocenters. The van der Waals surface area contributed by atoms with Crippen molar-refractivity contribution in [3.8, 4) is 11.5 Å². The first-order valence-electron chi connectivity index (χ1n) is 5.68. The van der Waals surface area contributed by atoms with E-state index in [2.05, 4.69) is 4.74 Å². The third-order valence-electron chi connectivity index (χ3n) is 2.74. The van der Waals surface area contributed by atoms with Crippen molar-refractivity contribution < 1.29 is 31.1 Å². The third-order valence-corrected chi connectivity index (χ3v) is 3.85. The molecule has 2 rings (SSSR count). The van der Waals surface area contributed by atoms with Gasteiger partial charge in [0.25, 0.3) is 0 Å². The molecular weight excluding hydrogens is 309 g/mol. The summed E-state index contributed by atoms with van der Waals surface area (Å²) >= 11 is 0. The molecule has 0 aliphatic carbocycles. The highest BCUT2D eigenvalue weighted by atomic mass is 32.2. The first-order valence-corrected chi connectivity index (χ1v) is 7.57. The van der Waals surface area contributed by atoms with Gasteiger partial charge in [-0.1, -0.05) is 6.07 Å². The fourth-order valence-corrected chi connectivity index (χ4v) is 2.66. The Morgan fingerprint density at radius 1 is 1.05 bits per heavy atom. The number of alkyl halides is 3. The van der Waals surface area contributed by atoms with Crippen LogP contribution in [0, 0.1) is 0 Å². The van der Waals surface area contributed by atoms with Crippen LogP contribution in [-0.4, -0.2) is 28.1 Å². The number of benzene rings is 2. The van der Waals surface area contributed by atoms with E-state index in [1.54, 1.807) is 12.1 Å². The SMILES string of the molecule is COc1ccc2cc(S(C)(=O)=O)c(OC(F)(F)F)cc2c1. The summed E-state index contributed by atoms with van der Waals surface area (Å²) in [5, 5.41) is 0.840. The van der Waals surface area contributed by atoms with Crippen molar-refractivity contribution in [2.45, 2.75) is 11.3 Å². The zero-order chi connectivity index (χ0) is 15.8. The normalized spacial score (nSPS) is 12.4. The number of fused-ring (bicyclic) bond motifs is 1. The average molecular weight is 320 g/mol. The molecule has 0 spiro atoms. The van der Waals surface area contributed by atoms with E-state index in [9.17, 15) is 21.6 Å². The number of halogens is 3. The van der Waals surface area contributed by atoms with Crippen molar-refractivity contribution in [1.29, 1.82) is 0 Å². The van der Waals surface area contributed by atoms with Gasteiger partial charge in [0.15, 0.2) is 9.84 Å². The number of hydrogen-bond acceptors (Lipinski definition) is 4. The van der Waals surface area contributed by atoms with Crippen LogP contribution in [0.25, 0.3) is 10.8 Å². The molecule has 4 nitrogen and oxygen atoms in total. The molecule has 114 valence electrons. The van der Waals surface area contributed by atoms with Crippen molar-refractivity contribution in [2.75, 3.05) is 13.4 Å². The van der Waals surface area contributed by atoms with Gasteiger partial charge in [0.05, 0.1) is 7.11 Å². The Labute approximate surface area is 119 Å². The summed E-state index contributed by atoms with van der Waals surface area (Å²) in [6.45, 7) is 0. The summed E-state index contributed by atoms with van der Waals surface area (Å²) in [6, 6.07) is 6.80. The second kappa shape index (κ2) is 5.10. The molecule has 0 amide bonds. The minimum atomic E-state index is -4.98. The summed E-state index contributed by atoms with van der Waals surface area (Å²) in [5.41, 5.74) is 0. The van der Waals surface area contributed by atoms with Gasteiger partial charge in [-0.05, 0) is 35.0 Å². The van der Waals surface area contributed by atoms with Crippen LogP contribution in [0.4, 0.5) is 13.2 Å². The topological polar surface area (TPSA) is 52.6 Å². The molecule has 2 aromatic carbocycles. The molecule has 8 heteroatoms. The van der Waals surface area contributed by atoms with E-state index in [0.717, 1.165) is 18.4 Å². The molecule has 21 heavy (non-hydrogen) atoms. The maximum Gasteiger partial charge on any atom is 0.573 e. The lowest BCUT2D eigenvalue weighted by atomic mass is 10.1. The number of methoxy groups -OCH3 is 1. The molecule has 0 aliphatic heterocycles. The Morgan fingerprint density at radius 2 is 1.71 bits per heavy atom. The Balaban J connectivity index is 2.72. The van der Waals surface area contributed by atoms with E-state index >= 15 is 0 Å². The van der Waals surface area contributed by atoms with Gasteiger partial charge in [-0.3, -0.25) is 0 Å². The van der Waals surface area contributed by atoms with E-state index in [4.69, 9.17) is 4.74 Å². The summed E-state index contributed by atoms with van der Waals surface area (Å²) in [4.78, 5) is -0.516. The molecule has 0 aliphatic rings. The molecule has 0 saturated heterocycles. The standard InChI is InChI=1S/C13H11F3O4S/c1-19-10-4-3-8-7-12(21(2,17)18)11(6-9(8)5-10)20-13(14,15)16/h3-7H,1-2H3. The fourth-order valence-electron chi connectivity index (χ4n) is 1.86. The highest BCUT2D eigenvalue weighted by Gasteiger charge is 2.33. The van der Waals surface area contributed by atoms with Gasteiger partial charge in [0, 0.05) is 6.26 Å². The first-order chi connectivity index (χ1) is 9.60. The van der Waals surface area contributed by atoms with Crippen LogP contribution in [-0.2, 0) is 9.84 Å². The Kier molecular flexibility index (Phi) is 3.75. The minimum absolute atomic E-state index is 0.376. The Bertz CT molecular complexity index is 782. The second-order valence-corrected chi connectivity index (χ2v) is 6.32. The van der Waals surface area contributed by atoms with E-state index in [1.807, 2.05) is 0 Å². The molecule has 0 N–H and O–H groups in total. The first kappa shape index (κ1) is 15.4. The van der Waals surface area contributed by atoms with Gasteiger partial charge >= 0.3 is 6.36 Å². The molecule has 0 radical (unpaired) electrons. The molecule has 0 unspecified atom stereocenters. The summed E-state index contributed by atoms with van der Waals surface area (Å²) in [6.07, 6.45) is -4.16. The smallest absolute Gasteiger partial charge is 0.497 e. The van der Waals surface area contributed by atoms with Gasteiger partial charge in [-0.15, -0.1) is 13.2 Å². The van der Waals surface area contributed by atoms with Gasteiger partial charge in [0.1, 0.15) is 16.4 Å². The van der Waals surface area contributed by atoms with Crippen LogP contribution in [0.3, 0.4) is 0 Å². The molecule has 0 bridgehead atoms. The highest BCUT2D eigenvalue weighted by molar-refractivity contribution is 7.90. The van der Waals surface area contributed by atoms with E-state index < -0.39 is 26.8 Å². The third kappa shape index (κ3) is 3.57. The zero-order valence-electron chi connectivity index (χ0n) is 11.1. The van der Waals surface area contributed by atoms with Crippen molar-refractivity contribution in [1.82, 2.24) is 0 Å². The van der Waals surface area contributed by atoms with Crippen LogP contribution in [0.15, 0.2) is 35.2 Å². The highest BCUT2D eigenvalue weighted by Crippen LogP contribution is 2.34. The lowest BCUT2D eigenvalue weighted by molar-refractivity contribution is -0.275. The van der Waals surface area contributed by atoms with E-state index in [1.165, 1.54) is 13.2 Å². The Morgan fingerprint density at radius 3 is 2.24 bits per heavy atom. The van der Waals surface area contributed by atoms with E-state index in [0.29, 0.717) is 16.5 Å². The van der Waals surface area contributed by atoms with E-state index in [-0.39, 0.29) is 0 Å².